The minimum atomic E-state index is 0.741. The molecule has 1 unspecified atom stereocenters. The number of pyridine rings is 1. The van der Waals surface area contributed by atoms with Gasteiger partial charge in [-0.05, 0) is 37.3 Å². The van der Waals surface area contributed by atoms with Gasteiger partial charge in [0.05, 0.1) is 11.9 Å². The molecule has 16 heavy (non-hydrogen) atoms. The smallest absolute Gasteiger partial charge is 0.128 e. The van der Waals surface area contributed by atoms with Crippen molar-refractivity contribution in [3.05, 3.63) is 18.3 Å². The molecule has 0 spiro atoms. The number of anilines is 2. The van der Waals surface area contributed by atoms with E-state index in [1.807, 2.05) is 12.1 Å². The van der Waals surface area contributed by atoms with Gasteiger partial charge < -0.3 is 10.6 Å². The van der Waals surface area contributed by atoms with Crippen molar-refractivity contribution in [2.75, 3.05) is 23.7 Å². The fourth-order valence-electron chi connectivity index (χ4n) is 2.39. The van der Waals surface area contributed by atoms with Gasteiger partial charge in [0.15, 0.2) is 0 Å². The van der Waals surface area contributed by atoms with E-state index in [1.54, 1.807) is 6.20 Å². The van der Waals surface area contributed by atoms with Crippen LogP contribution in [0.3, 0.4) is 0 Å². The van der Waals surface area contributed by atoms with Crippen LogP contribution >= 0.6 is 0 Å². The summed E-state index contributed by atoms with van der Waals surface area (Å²) in [7, 11) is 0. The Bertz CT molecular complexity index is 320. The predicted molar refractivity (Wildman–Crippen MR) is 68.5 cm³/mol. The van der Waals surface area contributed by atoms with E-state index in [0.717, 1.165) is 30.5 Å². The molecular formula is C13H21N3. The van der Waals surface area contributed by atoms with E-state index in [1.165, 1.54) is 25.7 Å². The molecule has 0 bridgehead atoms. The molecule has 1 atom stereocenters. The Morgan fingerprint density at radius 2 is 2.25 bits per heavy atom. The topological polar surface area (TPSA) is 42.1 Å². The molecule has 1 saturated heterocycles. The lowest BCUT2D eigenvalue weighted by atomic mass is 9.98. The van der Waals surface area contributed by atoms with Crippen LogP contribution in [0.2, 0.25) is 0 Å². The van der Waals surface area contributed by atoms with E-state index in [-0.39, 0.29) is 0 Å². The van der Waals surface area contributed by atoms with E-state index in [9.17, 15) is 0 Å². The van der Waals surface area contributed by atoms with Gasteiger partial charge >= 0.3 is 0 Å². The van der Waals surface area contributed by atoms with E-state index in [2.05, 4.69) is 16.8 Å². The fraction of sp³-hybridized carbons (Fsp3) is 0.615. The van der Waals surface area contributed by atoms with Crippen LogP contribution in [0.15, 0.2) is 18.3 Å². The van der Waals surface area contributed by atoms with Crippen LogP contribution in [0.25, 0.3) is 0 Å². The molecule has 1 fully saturated rings. The number of rotatable bonds is 2. The maximum atomic E-state index is 5.65. The number of nitrogens with zero attached hydrogens (tertiary/aromatic N) is 2. The van der Waals surface area contributed by atoms with E-state index in [0.29, 0.717) is 0 Å². The Hall–Kier alpha value is -1.25. The first-order valence-corrected chi connectivity index (χ1v) is 6.26. The molecule has 0 amide bonds. The summed E-state index contributed by atoms with van der Waals surface area (Å²) < 4.78 is 0. The van der Waals surface area contributed by atoms with Crippen molar-refractivity contribution in [1.82, 2.24) is 4.98 Å². The molecule has 2 rings (SSSR count). The molecule has 88 valence electrons. The highest BCUT2D eigenvalue weighted by molar-refractivity contribution is 5.45. The number of nitrogen functional groups attached to an aromatic ring is 1. The van der Waals surface area contributed by atoms with Crippen LogP contribution in [0.1, 0.15) is 32.6 Å². The van der Waals surface area contributed by atoms with Crippen molar-refractivity contribution >= 4 is 11.5 Å². The van der Waals surface area contributed by atoms with Gasteiger partial charge in [-0.25, -0.2) is 4.98 Å². The molecule has 3 nitrogen and oxygen atoms in total. The van der Waals surface area contributed by atoms with Gasteiger partial charge in [-0.3, -0.25) is 0 Å². The van der Waals surface area contributed by atoms with Crippen LogP contribution in [0.4, 0.5) is 11.5 Å². The molecule has 0 radical (unpaired) electrons. The van der Waals surface area contributed by atoms with Gasteiger partial charge in [-0.15, -0.1) is 0 Å². The third-order valence-corrected chi connectivity index (χ3v) is 3.52. The SMILES string of the molecule is CCC1CCCN(c2ccc(N)cn2)CC1. The number of hydrogen-bond donors (Lipinski definition) is 1. The third-order valence-electron chi connectivity index (χ3n) is 3.52. The quantitative estimate of drug-likeness (QED) is 0.831. The van der Waals surface area contributed by atoms with Gasteiger partial charge in [-0.2, -0.15) is 0 Å². The average molecular weight is 219 g/mol. The maximum Gasteiger partial charge on any atom is 0.128 e. The third kappa shape index (κ3) is 2.65. The van der Waals surface area contributed by atoms with Crippen LogP contribution < -0.4 is 10.6 Å². The second-order valence-corrected chi connectivity index (χ2v) is 4.64. The summed E-state index contributed by atoms with van der Waals surface area (Å²) in [5.41, 5.74) is 6.39. The Labute approximate surface area is 97.7 Å². The lowest BCUT2D eigenvalue weighted by molar-refractivity contribution is 0.459. The van der Waals surface area contributed by atoms with Gasteiger partial charge in [0.2, 0.25) is 0 Å². The standard InChI is InChI=1S/C13H21N3/c1-2-11-4-3-8-16(9-7-11)13-6-5-12(14)10-15-13/h5-6,10-11H,2-4,7-9,14H2,1H3. The minimum Gasteiger partial charge on any atom is -0.397 e. The molecule has 0 aliphatic carbocycles. The molecule has 1 aromatic heterocycles. The first-order chi connectivity index (χ1) is 7.79. The largest absolute Gasteiger partial charge is 0.397 e. The van der Waals surface area contributed by atoms with Crippen molar-refractivity contribution < 1.29 is 0 Å². The van der Waals surface area contributed by atoms with Crippen molar-refractivity contribution in [3.8, 4) is 0 Å². The number of nitrogens with two attached hydrogens (primary N) is 1. The van der Waals surface area contributed by atoms with Crippen LogP contribution in [-0.4, -0.2) is 18.1 Å². The van der Waals surface area contributed by atoms with Crippen molar-refractivity contribution in [3.63, 3.8) is 0 Å². The maximum absolute atomic E-state index is 5.65. The summed E-state index contributed by atoms with van der Waals surface area (Å²) in [5, 5.41) is 0. The first kappa shape index (κ1) is 11.2. The minimum absolute atomic E-state index is 0.741. The zero-order valence-electron chi connectivity index (χ0n) is 10.0. The molecule has 0 aromatic carbocycles. The summed E-state index contributed by atoms with van der Waals surface area (Å²) in [4.78, 5) is 6.78. The summed E-state index contributed by atoms with van der Waals surface area (Å²) in [6.07, 6.45) is 7.00. The van der Waals surface area contributed by atoms with E-state index >= 15 is 0 Å². The summed E-state index contributed by atoms with van der Waals surface area (Å²) in [6, 6.07) is 3.96. The molecule has 1 aromatic rings. The normalized spacial score (nSPS) is 21.8. The number of aromatic nitrogens is 1. The van der Waals surface area contributed by atoms with Crippen molar-refractivity contribution in [1.29, 1.82) is 0 Å². The summed E-state index contributed by atoms with van der Waals surface area (Å²) in [5.74, 6) is 1.98. The van der Waals surface area contributed by atoms with Gasteiger partial charge in [0.25, 0.3) is 0 Å². The van der Waals surface area contributed by atoms with Crippen LogP contribution in [0, 0.1) is 5.92 Å². The average Bonchev–Trinajstić information content (AvgIpc) is 2.55. The lowest BCUT2D eigenvalue weighted by Gasteiger charge is -2.21. The molecule has 2 heterocycles. The fourth-order valence-corrected chi connectivity index (χ4v) is 2.39. The second kappa shape index (κ2) is 5.19. The molecule has 1 aliphatic rings. The highest BCUT2D eigenvalue weighted by Crippen LogP contribution is 2.23. The first-order valence-electron chi connectivity index (χ1n) is 6.26. The Balaban J connectivity index is 2.02. The Morgan fingerprint density at radius 3 is 2.94 bits per heavy atom. The predicted octanol–water partition coefficient (Wildman–Crippen LogP) is 2.68. The van der Waals surface area contributed by atoms with Crippen LogP contribution in [-0.2, 0) is 0 Å². The van der Waals surface area contributed by atoms with Gasteiger partial charge in [-0.1, -0.05) is 13.3 Å². The summed E-state index contributed by atoms with van der Waals surface area (Å²) in [6.45, 7) is 4.56. The zero-order valence-corrected chi connectivity index (χ0v) is 10.0. The molecule has 0 saturated carbocycles. The highest BCUT2D eigenvalue weighted by Gasteiger charge is 2.16. The van der Waals surface area contributed by atoms with Gasteiger partial charge in [0.1, 0.15) is 5.82 Å². The second-order valence-electron chi connectivity index (χ2n) is 4.64. The van der Waals surface area contributed by atoms with Crippen molar-refractivity contribution in [2.45, 2.75) is 32.6 Å². The van der Waals surface area contributed by atoms with E-state index in [4.69, 9.17) is 5.73 Å². The van der Waals surface area contributed by atoms with Crippen molar-refractivity contribution in [2.24, 2.45) is 5.92 Å². The monoisotopic (exact) mass is 219 g/mol. The summed E-state index contributed by atoms with van der Waals surface area (Å²) >= 11 is 0. The Kier molecular flexibility index (Phi) is 3.65. The highest BCUT2D eigenvalue weighted by atomic mass is 15.2. The molecule has 2 N–H and O–H groups in total. The molecule has 1 aliphatic heterocycles. The lowest BCUT2D eigenvalue weighted by Crippen LogP contribution is -2.25. The van der Waals surface area contributed by atoms with Crippen LogP contribution in [0.5, 0.6) is 0 Å². The van der Waals surface area contributed by atoms with E-state index < -0.39 is 0 Å². The molecule has 3 heteroatoms. The molecular weight excluding hydrogens is 198 g/mol. The number of hydrogen-bond acceptors (Lipinski definition) is 3. The zero-order chi connectivity index (χ0) is 11.4. The van der Waals surface area contributed by atoms with Gasteiger partial charge in [0, 0.05) is 13.1 Å². The Morgan fingerprint density at radius 1 is 1.38 bits per heavy atom.